The molecule has 3 aromatic heterocycles. The van der Waals surface area contributed by atoms with Crippen LogP contribution in [0, 0.1) is 0 Å². The van der Waals surface area contributed by atoms with Crippen LogP contribution in [0.5, 0.6) is 5.75 Å². The van der Waals surface area contributed by atoms with Crippen LogP contribution >= 0.6 is 23.2 Å². The predicted octanol–water partition coefficient (Wildman–Crippen LogP) is 2.65. The van der Waals surface area contributed by atoms with Crippen LogP contribution in [0.2, 0.25) is 10.0 Å². The first-order chi connectivity index (χ1) is 13.5. The van der Waals surface area contributed by atoms with Crippen LogP contribution in [-0.2, 0) is 0 Å². The first-order valence-corrected chi connectivity index (χ1v) is 8.55. The molecule has 6 nitrogen and oxygen atoms in total. The molecule has 3 heterocycles. The third kappa shape index (κ3) is 4.17. The van der Waals surface area contributed by atoms with Gasteiger partial charge in [-0.2, -0.15) is 8.78 Å². The molecule has 0 atom stereocenters. The van der Waals surface area contributed by atoms with Crippen LogP contribution in [0.1, 0.15) is 11.8 Å². The van der Waals surface area contributed by atoms with Gasteiger partial charge in [-0.1, -0.05) is 23.2 Å². The number of nitrogens with zero attached hydrogens (tertiary/aromatic N) is 2. The van der Waals surface area contributed by atoms with E-state index in [0.717, 1.165) is 0 Å². The van der Waals surface area contributed by atoms with Crippen molar-refractivity contribution >= 4 is 56.7 Å². The average Bonchev–Trinajstić information content (AvgIpc) is 3.05. The zero-order valence-corrected chi connectivity index (χ0v) is 18.3. The minimum Gasteiger partial charge on any atom is -1.00 e. The summed E-state index contributed by atoms with van der Waals surface area (Å²) in [5.41, 5.74) is 0.690. The SMILES string of the molecule is O=C(Nc1c(Cl)cncc1Cl)c1ccc(OC(F)F)c2oc3ccncc3c12.[H-].[Na+]. The second-order valence-corrected chi connectivity index (χ2v) is 6.41. The summed E-state index contributed by atoms with van der Waals surface area (Å²) in [4.78, 5) is 20.7. The van der Waals surface area contributed by atoms with Gasteiger partial charge in [-0.3, -0.25) is 14.8 Å². The molecular formula is C18H10Cl2F2N3NaO3. The van der Waals surface area contributed by atoms with Gasteiger partial charge < -0.3 is 15.9 Å². The van der Waals surface area contributed by atoms with E-state index in [2.05, 4.69) is 20.0 Å². The van der Waals surface area contributed by atoms with Gasteiger partial charge in [0.1, 0.15) is 5.58 Å². The van der Waals surface area contributed by atoms with Crippen LogP contribution in [0.4, 0.5) is 14.5 Å². The van der Waals surface area contributed by atoms with Crippen molar-refractivity contribution in [2.24, 2.45) is 0 Å². The van der Waals surface area contributed by atoms with E-state index in [4.69, 9.17) is 27.6 Å². The molecule has 1 N–H and O–H groups in total. The number of ether oxygens (including phenoxy) is 1. The number of hydrogen-bond acceptors (Lipinski definition) is 5. The number of halogens is 4. The minimum atomic E-state index is -3.05. The molecule has 29 heavy (non-hydrogen) atoms. The van der Waals surface area contributed by atoms with Crippen LogP contribution in [0.25, 0.3) is 21.9 Å². The number of hydrogen-bond donors (Lipinski definition) is 1. The molecule has 0 radical (unpaired) electrons. The number of amides is 1. The fourth-order valence-corrected chi connectivity index (χ4v) is 3.25. The molecule has 0 aliphatic carbocycles. The Hall–Kier alpha value is -1.97. The number of benzene rings is 1. The summed E-state index contributed by atoms with van der Waals surface area (Å²) >= 11 is 12.1. The normalized spacial score (nSPS) is 10.9. The molecule has 0 saturated carbocycles. The van der Waals surface area contributed by atoms with Gasteiger partial charge in [-0.05, 0) is 18.2 Å². The maximum atomic E-state index is 12.9. The van der Waals surface area contributed by atoms with Crippen molar-refractivity contribution in [2.75, 3.05) is 5.32 Å². The van der Waals surface area contributed by atoms with E-state index in [9.17, 15) is 13.6 Å². The molecule has 1 aromatic carbocycles. The molecule has 0 aliphatic heterocycles. The topological polar surface area (TPSA) is 77.2 Å². The number of furan rings is 1. The molecule has 4 aromatic rings. The second-order valence-electron chi connectivity index (χ2n) is 5.60. The second kappa shape index (κ2) is 8.81. The molecule has 144 valence electrons. The minimum absolute atomic E-state index is 0. The summed E-state index contributed by atoms with van der Waals surface area (Å²) in [6, 6.07) is 4.13. The Bertz CT molecular complexity index is 1210. The Kier molecular flexibility index (Phi) is 6.60. The number of rotatable bonds is 4. The van der Waals surface area contributed by atoms with E-state index in [1.165, 1.54) is 36.9 Å². The van der Waals surface area contributed by atoms with Crippen LogP contribution in [0.3, 0.4) is 0 Å². The summed E-state index contributed by atoms with van der Waals surface area (Å²) < 4.78 is 35.6. The molecule has 0 aliphatic rings. The number of carbonyl (C=O) groups is 1. The molecule has 4 rings (SSSR count). The smallest absolute Gasteiger partial charge is 1.00 e. The first kappa shape index (κ1) is 21.7. The Balaban J connectivity index is 0.00000160. The molecule has 0 bridgehead atoms. The van der Waals surface area contributed by atoms with Gasteiger partial charge in [0.15, 0.2) is 11.3 Å². The largest absolute Gasteiger partial charge is 1.00 e. The quantitative estimate of drug-likeness (QED) is 0.486. The van der Waals surface area contributed by atoms with E-state index in [0.29, 0.717) is 11.0 Å². The third-order valence-corrected chi connectivity index (χ3v) is 4.51. The maximum Gasteiger partial charge on any atom is 1.00 e. The maximum absolute atomic E-state index is 12.9. The summed E-state index contributed by atoms with van der Waals surface area (Å²) in [7, 11) is 0. The van der Waals surface area contributed by atoms with Crippen molar-refractivity contribution in [2.45, 2.75) is 6.61 Å². The van der Waals surface area contributed by atoms with Gasteiger partial charge in [0.05, 0.1) is 21.3 Å². The Morgan fingerprint density at radius 1 is 1.14 bits per heavy atom. The molecule has 1 amide bonds. The summed E-state index contributed by atoms with van der Waals surface area (Å²) in [6.45, 7) is -3.05. The number of nitrogens with one attached hydrogen (secondary N) is 1. The van der Waals surface area contributed by atoms with Crippen molar-refractivity contribution in [3.63, 3.8) is 0 Å². The van der Waals surface area contributed by atoms with Gasteiger partial charge in [-0.25, -0.2) is 0 Å². The van der Waals surface area contributed by atoms with E-state index in [-0.39, 0.29) is 69.0 Å². The van der Waals surface area contributed by atoms with Crippen molar-refractivity contribution in [3.05, 3.63) is 58.6 Å². The monoisotopic (exact) mass is 447 g/mol. The average molecular weight is 448 g/mol. The van der Waals surface area contributed by atoms with Gasteiger partial charge in [-0.15, -0.1) is 0 Å². The Morgan fingerprint density at radius 3 is 2.55 bits per heavy atom. The number of aromatic nitrogens is 2. The van der Waals surface area contributed by atoms with Crippen molar-refractivity contribution < 1.29 is 53.7 Å². The van der Waals surface area contributed by atoms with Crippen LogP contribution in [-0.4, -0.2) is 22.5 Å². The third-order valence-electron chi connectivity index (χ3n) is 3.94. The van der Waals surface area contributed by atoms with Gasteiger partial charge in [0.2, 0.25) is 0 Å². The zero-order chi connectivity index (χ0) is 19.8. The van der Waals surface area contributed by atoms with E-state index in [1.54, 1.807) is 6.07 Å². The standard InChI is InChI=1S/C18H9Cl2F2N3O3.Na.H/c19-10-6-24-7-11(20)15(10)25-17(26)8-1-2-13(28-18(21)22)16-14(8)9-5-23-4-3-12(9)27-16;;/h1-7,18H,(H,24,25,26);;/q;+1;-1. The number of alkyl halides is 2. The summed E-state index contributed by atoms with van der Waals surface area (Å²) in [6.07, 6.45) is 5.61. The van der Waals surface area contributed by atoms with E-state index < -0.39 is 12.5 Å². The molecule has 11 heteroatoms. The zero-order valence-electron chi connectivity index (χ0n) is 15.7. The number of anilines is 1. The Morgan fingerprint density at radius 2 is 1.86 bits per heavy atom. The predicted molar refractivity (Wildman–Crippen MR) is 101 cm³/mol. The molecule has 0 fully saturated rings. The van der Waals surface area contributed by atoms with Gasteiger partial charge >= 0.3 is 36.2 Å². The molecule has 0 spiro atoms. The first-order valence-electron chi connectivity index (χ1n) is 7.80. The fourth-order valence-electron chi connectivity index (χ4n) is 2.79. The van der Waals surface area contributed by atoms with E-state index >= 15 is 0 Å². The Labute approximate surface area is 195 Å². The van der Waals surface area contributed by atoms with E-state index in [1.807, 2.05) is 0 Å². The van der Waals surface area contributed by atoms with Crippen molar-refractivity contribution in [1.82, 2.24) is 9.97 Å². The molecule has 0 unspecified atom stereocenters. The van der Waals surface area contributed by atoms with Crippen LogP contribution in [0.15, 0.2) is 47.4 Å². The summed E-state index contributed by atoms with van der Waals surface area (Å²) in [5, 5.41) is 3.65. The van der Waals surface area contributed by atoms with Crippen molar-refractivity contribution in [3.8, 4) is 5.75 Å². The van der Waals surface area contributed by atoms with Gasteiger partial charge in [0, 0.05) is 35.6 Å². The number of pyridine rings is 2. The molecule has 0 saturated heterocycles. The number of fused-ring (bicyclic) bond motifs is 3. The van der Waals surface area contributed by atoms with Crippen molar-refractivity contribution in [1.29, 1.82) is 0 Å². The van der Waals surface area contributed by atoms with Crippen LogP contribution < -0.4 is 39.6 Å². The number of carbonyl (C=O) groups excluding carboxylic acids is 1. The fraction of sp³-hybridized carbons (Fsp3) is 0.0556. The van der Waals surface area contributed by atoms with Gasteiger partial charge in [0.25, 0.3) is 5.91 Å². The molecular weight excluding hydrogens is 438 g/mol. The summed E-state index contributed by atoms with van der Waals surface area (Å²) in [5.74, 6) is -0.770.